The van der Waals surface area contributed by atoms with E-state index in [1.165, 1.54) is 57.1 Å². The van der Waals surface area contributed by atoms with Gasteiger partial charge in [0.15, 0.2) is 0 Å². The second-order valence-electron chi connectivity index (χ2n) is 6.91. The van der Waals surface area contributed by atoms with Crippen LogP contribution in [0.2, 0.25) is 0 Å². The lowest BCUT2D eigenvalue weighted by molar-refractivity contribution is 0.205. The molecular formula is C18H29N3. The number of pyridine rings is 1. The third-order valence-electron chi connectivity index (χ3n) is 5.10. The minimum absolute atomic E-state index is 0.546. The first-order chi connectivity index (χ1) is 10.3. The second-order valence-corrected chi connectivity index (χ2v) is 6.91. The van der Waals surface area contributed by atoms with Crippen LogP contribution in [0.4, 0.5) is 5.82 Å². The zero-order chi connectivity index (χ0) is 14.7. The van der Waals surface area contributed by atoms with Gasteiger partial charge < -0.3 is 5.32 Å². The number of nitrogens with zero attached hydrogens (tertiary/aromatic N) is 2. The third-order valence-corrected chi connectivity index (χ3v) is 5.10. The molecule has 3 heteroatoms. The lowest BCUT2D eigenvalue weighted by atomic mass is 9.95. The van der Waals surface area contributed by atoms with Crippen molar-refractivity contribution in [3.8, 4) is 0 Å². The molecular weight excluding hydrogens is 258 g/mol. The van der Waals surface area contributed by atoms with Gasteiger partial charge in [-0.25, -0.2) is 4.98 Å². The molecule has 0 aromatic carbocycles. The van der Waals surface area contributed by atoms with E-state index < -0.39 is 0 Å². The summed E-state index contributed by atoms with van der Waals surface area (Å²) in [7, 11) is 0. The molecule has 2 fully saturated rings. The lowest BCUT2D eigenvalue weighted by Gasteiger charge is -2.31. The summed E-state index contributed by atoms with van der Waals surface area (Å²) in [6.45, 7) is 5.84. The number of likely N-dealkylation sites (tertiary alicyclic amines) is 1. The Morgan fingerprint density at radius 1 is 1.14 bits per heavy atom. The summed E-state index contributed by atoms with van der Waals surface area (Å²) < 4.78 is 0. The fourth-order valence-electron chi connectivity index (χ4n) is 3.99. The maximum absolute atomic E-state index is 4.67. The molecule has 1 unspecified atom stereocenters. The molecule has 1 saturated carbocycles. The first kappa shape index (κ1) is 14.8. The molecule has 0 amide bonds. The first-order valence-electron chi connectivity index (χ1n) is 8.73. The number of hydrogen-bond acceptors (Lipinski definition) is 3. The summed E-state index contributed by atoms with van der Waals surface area (Å²) in [5, 5.41) is 3.75. The molecule has 2 aliphatic rings. The average Bonchev–Trinajstić information content (AvgIpc) is 2.98. The lowest BCUT2D eigenvalue weighted by Crippen LogP contribution is -2.31. The van der Waals surface area contributed by atoms with E-state index in [1.807, 2.05) is 6.20 Å². The molecule has 2 heterocycles. The fourth-order valence-corrected chi connectivity index (χ4v) is 3.99. The van der Waals surface area contributed by atoms with E-state index in [9.17, 15) is 0 Å². The van der Waals surface area contributed by atoms with Crippen molar-refractivity contribution < 1.29 is 0 Å². The monoisotopic (exact) mass is 287 g/mol. The summed E-state index contributed by atoms with van der Waals surface area (Å²) in [5.41, 5.74) is 1.41. The number of rotatable bonds is 4. The highest BCUT2D eigenvalue weighted by Crippen LogP contribution is 2.37. The molecule has 1 atom stereocenters. The van der Waals surface area contributed by atoms with Gasteiger partial charge in [0.05, 0.1) is 0 Å². The van der Waals surface area contributed by atoms with Crippen molar-refractivity contribution in [2.75, 3.05) is 11.9 Å². The molecule has 116 valence electrons. The summed E-state index contributed by atoms with van der Waals surface area (Å²) in [5.74, 6) is 1.14. The number of hydrogen-bond donors (Lipinski definition) is 1. The van der Waals surface area contributed by atoms with Crippen LogP contribution >= 0.6 is 0 Å². The van der Waals surface area contributed by atoms with Gasteiger partial charge in [-0.15, -0.1) is 0 Å². The zero-order valence-corrected chi connectivity index (χ0v) is 13.5. The summed E-state index contributed by atoms with van der Waals surface area (Å²) in [6, 6.07) is 6.16. The molecule has 1 N–H and O–H groups in total. The Morgan fingerprint density at radius 3 is 2.71 bits per heavy atom. The first-order valence-corrected chi connectivity index (χ1v) is 8.73. The maximum atomic E-state index is 4.67. The Labute approximate surface area is 129 Å². The molecule has 0 bridgehead atoms. The standard InChI is InChI=1S/C18H29N3/c1-14(2)21-13-7-11-17(21)16-10-6-12-19-18(16)20-15-8-4-3-5-9-15/h6,10,12,14-15,17H,3-5,7-9,11,13H2,1-2H3,(H,19,20). The minimum atomic E-state index is 0.546. The van der Waals surface area contributed by atoms with Crippen LogP contribution in [0.1, 0.15) is 70.4 Å². The predicted molar refractivity (Wildman–Crippen MR) is 88.5 cm³/mol. The highest BCUT2D eigenvalue weighted by molar-refractivity contribution is 5.47. The van der Waals surface area contributed by atoms with Crippen LogP contribution in [-0.2, 0) is 0 Å². The van der Waals surface area contributed by atoms with Gasteiger partial charge in [-0.3, -0.25) is 4.90 Å². The minimum Gasteiger partial charge on any atom is -0.367 e. The van der Waals surface area contributed by atoms with Crippen molar-refractivity contribution in [1.29, 1.82) is 0 Å². The van der Waals surface area contributed by atoms with E-state index >= 15 is 0 Å². The summed E-state index contributed by atoms with van der Waals surface area (Å²) in [4.78, 5) is 7.30. The predicted octanol–water partition coefficient (Wildman–Crippen LogP) is 4.37. The van der Waals surface area contributed by atoms with Crippen LogP contribution in [0.5, 0.6) is 0 Å². The van der Waals surface area contributed by atoms with Gasteiger partial charge in [0, 0.05) is 29.9 Å². The van der Waals surface area contributed by atoms with Crippen molar-refractivity contribution in [3.63, 3.8) is 0 Å². The molecule has 0 radical (unpaired) electrons. The fraction of sp³-hybridized carbons (Fsp3) is 0.722. The SMILES string of the molecule is CC(C)N1CCCC1c1cccnc1NC1CCCCC1. The average molecular weight is 287 g/mol. The highest BCUT2D eigenvalue weighted by Gasteiger charge is 2.30. The van der Waals surface area contributed by atoms with Crippen molar-refractivity contribution in [3.05, 3.63) is 23.9 Å². The second kappa shape index (κ2) is 6.78. The van der Waals surface area contributed by atoms with Gasteiger partial charge in [-0.2, -0.15) is 0 Å². The Bertz CT molecular complexity index is 452. The van der Waals surface area contributed by atoms with Crippen LogP contribution in [0.3, 0.4) is 0 Å². The number of aromatic nitrogens is 1. The van der Waals surface area contributed by atoms with Crippen LogP contribution in [0.15, 0.2) is 18.3 Å². The molecule has 0 spiro atoms. The quantitative estimate of drug-likeness (QED) is 0.891. The molecule has 1 aliphatic heterocycles. The Kier molecular flexibility index (Phi) is 4.79. The topological polar surface area (TPSA) is 28.2 Å². The van der Waals surface area contributed by atoms with Crippen molar-refractivity contribution in [1.82, 2.24) is 9.88 Å². The normalized spacial score (nSPS) is 24.6. The third kappa shape index (κ3) is 3.39. The van der Waals surface area contributed by atoms with Gasteiger partial charge in [0.2, 0.25) is 0 Å². The van der Waals surface area contributed by atoms with Gasteiger partial charge in [-0.1, -0.05) is 25.3 Å². The molecule has 3 nitrogen and oxygen atoms in total. The Hall–Kier alpha value is -1.09. The van der Waals surface area contributed by atoms with E-state index in [0.717, 1.165) is 5.82 Å². The highest BCUT2D eigenvalue weighted by atomic mass is 15.2. The molecule has 1 aliphatic carbocycles. The molecule has 1 aromatic rings. The van der Waals surface area contributed by atoms with E-state index in [4.69, 9.17) is 0 Å². The molecule has 1 saturated heterocycles. The van der Waals surface area contributed by atoms with Crippen LogP contribution in [0.25, 0.3) is 0 Å². The molecule has 21 heavy (non-hydrogen) atoms. The van der Waals surface area contributed by atoms with Gasteiger partial charge >= 0.3 is 0 Å². The largest absolute Gasteiger partial charge is 0.367 e. The van der Waals surface area contributed by atoms with E-state index in [-0.39, 0.29) is 0 Å². The number of nitrogens with one attached hydrogen (secondary N) is 1. The Morgan fingerprint density at radius 2 is 1.95 bits per heavy atom. The maximum Gasteiger partial charge on any atom is 0.130 e. The molecule has 1 aromatic heterocycles. The smallest absolute Gasteiger partial charge is 0.130 e. The van der Waals surface area contributed by atoms with E-state index in [1.54, 1.807) is 0 Å². The molecule has 3 rings (SSSR count). The van der Waals surface area contributed by atoms with Crippen LogP contribution in [-0.4, -0.2) is 28.5 Å². The van der Waals surface area contributed by atoms with Crippen molar-refractivity contribution in [2.45, 2.75) is 76.9 Å². The summed E-state index contributed by atoms with van der Waals surface area (Å²) >= 11 is 0. The Balaban J connectivity index is 1.78. The zero-order valence-electron chi connectivity index (χ0n) is 13.5. The van der Waals surface area contributed by atoms with E-state index in [0.29, 0.717) is 18.1 Å². The van der Waals surface area contributed by atoms with Gasteiger partial charge in [-0.05, 0) is 52.1 Å². The number of anilines is 1. The van der Waals surface area contributed by atoms with Crippen LogP contribution in [0, 0.1) is 0 Å². The van der Waals surface area contributed by atoms with Gasteiger partial charge in [0.1, 0.15) is 5.82 Å². The van der Waals surface area contributed by atoms with E-state index in [2.05, 4.69) is 41.2 Å². The van der Waals surface area contributed by atoms with Crippen LogP contribution < -0.4 is 5.32 Å². The van der Waals surface area contributed by atoms with Gasteiger partial charge in [0.25, 0.3) is 0 Å². The van der Waals surface area contributed by atoms with Crippen molar-refractivity contribution >= 4 is 5.82 Å². The summed E-state index contributed by atoms with van der Waals surface area (Å²) in [6.07, 6.45) is 11.2. The van der Waals surface area contributed by atoms with Crippen molar-refractivity contribution in [2.24, 2.45) is 0 Å².